The Morgan fingerprint density at radius 2 is 2.27 bits per heavy atom. The van der Waals surface area contributed by atoms with E-state index in [1.807, 2.05) is 0 Å². The van der Waals surface area contributed by atoms with Gasteiger partial charge in [-0.2, -0.15) is 0 Å². The average molecular weight is 232 g/mol. The van der Waals surface area contributed by atoms with Crippen LogP contribution in [0.3, 0.4) is 0 Å². The van der Waals surface area contributed by atoms with Gasteiger partial charge in [0.15, 0.2) is 0 Å². The van der Waals surface area contributed by atoms with Gasteiger partial charge in [-0.1, -0.05) is 11.6 Å². The minimum absolute atomic E-state index is 0.0633. The van der Waals surface area contributed by atoms with Crippen LogP contribution in [0.15, 0.2) is 18.2 Å². The second-order valence-electron chi connectivity index (χ2n) is 3.48. The molecule has 1 aromatic carbocycles. The summed E-state index contributed by atoms with van der Waals surface area (Å²) in [5.74, 6) is -0.453. The number of aliphatic hydroxyl groups is 1. The van der Waals surface area contributed by atoms with Crippen molar-refractivity contribution < 1.29 is 14.2 Å². The van der Waals surface area contributed by atoms with Crippen LogP contribution in [0.4, 0.5) is 10.1 Å². The van der Waals surface area contributed by atoms with Crippen molar-refractivity contribution >= 4 is 17.3 Å². The second-order valence-corrected chi connectivity index (χ2v) is 3.89. The SMILES string of the molecule is OC1COCC1Nc1ccc(F)c(Cl)c1. The Bertz CT molecular complexity index is 361. The molecule has 1 fully saturated rings. The quantitative estimate of drug-likeness (QED) is 0.813. The third-order valence-corrected chi connectivity index (χ3v) is 2.61. The Morgan fingerprint density at radius 1 is 1.47 bits per heavy atom. The van der Waals surface area contributed by atoms with E-state index in [-0.39, 0.29) is 11.1 Å². The van der Waals surface area contributed by atoms with E-state index in [4.69, 9.17) is 16.3 Å². The molecule has 2 N–H and O–H groups in total. The fraction of sp³-hybridized carbons (Fsp3) is 0.400. The first-order valence-electron chi connectivity index (χ1n) is 4.64. The summed E-state index contributed by atoms with van der Waals surface area (Å²) in [6.07, 6.45) is -0.533. The maximum atomic E-state index is 12.9. The van der Waals surface area contributed by atoms with Gasteiger partial charge in [0.25, 0.3) is 0 Å². The molecule has 0 bridgehead atoms. The molecule has 1 aliphatic heterocycles. The smallest absolute Gasteiger partial charge is 0.141 e. The highest BCUT2D eigenvalue weighted by atomic mass is 35.5. The molecule has 0 spiro atoms. The highest BCUT2D eigenvalue weighted by Gasteiger charge is 2.25. The lowest BCUT2D eigenvalue weighted by Gasteiger charge is -2.16. The third kappa shape index (κ3) is 2.40. The van der Waals surface area contributed by atoms with Gasteiger partial charge in [-0.3, -0.25) is 0 Å². The number of nitrogens with one attached hydrogen (secondary N) is 1. The predicted octanol–water partition coefficient (Wildman–Crippen LogP) is 1.65. The molecule has 3 nitrogen and oxygen atoms in total. The topological polar surface area (TPSA) is 41.5 Å². The molecule has 15 heavy (non-hydrogen) atoms. The number of aliphatic hydroxyl groups excluding tert-OH is 1. The molecule has 0 saturated carbocycles. The fourth-order valence-corrected chi connectivity index (χ4v) is 1.66. The van der Waals surface area contributed by atoms with Gasteiger partial charge in [-0.05, 0) is 18.2 Å². The molecule has 1 heterocycles. The number of hydrogen-bond acceptors (Lipinski definition) is 3. The molecule has 2 atom stereocenters. The van der Waals surface area contributed by atoms with Crippen LogP contribution in [0.2, 0.25) is 5.02 Å². The highest BCUT2D eigenvalue weighted by molar-refractivity contribution is 6.31. The van der Waals surface area contributed by atoms with Gasteiger partial charge < -0.3 is 15.2 Å². The van der Waals surface area contributed by atoms with E-state index in [2.05, 4.69) is 5.32 Å². The van der Waals surface area contributed by atoms with Crippen LogP contribution in [0.25, 0.3) is 0 Å². The first-order chi connectivity index (χ1) is 7.16. The predicted molar refractivity (Wildman–Crippen MR) is 55.6 cm³/mol. The minimum Gasteiger partial charge on any atom is -0.388 e. The van der Waals surface area contributed by atoms with Gasteiger partial charge in [-0.15, -0.1) is 0 Å². The fourth-order valence-electron chi connectivity index (χ4n) is 1.48. The third-order valence-electron chi connectivity index (χ3n) is 2.32. The molecule has 0 amide bonds. The van der Waals surface area contributed by atoms with Crippen molar-refractivity contribution in [1.82, 2.24) is 0 Å². The molecule has 0 radical (unpaired) electrons. The van der Waals surface area contributed by atoms with Crippen molar-refractivity contribution in [3.05, 3.63) is 29.0 Å². The molecule has 0 aromatic heterocycles. The molecular weight excluding hydrogens is 221 g/mol. The molecule has 1 saturated heterocycles. The zero-order valence-electron chi connectivity index (χ0n) is 7.91. The average Bonchev–Trinajstić information content (AvgIpc) is 2.59. The van der Waals surface area contributed by atoms with Gasteiger partial charge in [0.2, 0.25) is 0 Å². The first kappa shape index (κ1) is 10.7. The van der Waals surface area contributed by atoms with Crippen molar-refractivity contribution in [3.8, 4) is 0 Å². The van der Waals surface area contributed by atoms with Crippen LogP contribution in [0.1, 0.15) is 0 Å². The van der Waals surface area contributed by atoms with Crippen LogP contribution in [-0.2, 0) is 4.74 Å². The molecule has 1 aliphatic rings. The lowest BCUT2D eigenvalue weighted by Crippen LogP contribution is -2.31. The van der Waals surface area contributed by atoms with E-state index in [0.29, 0.717) is 18.9 Å². The summed E-state index contributed by atoms with van der Waals surface area (Å²) < 4.78 is 17.9. The molecule has 2 unspecified atom stereocenters. The maximum Gasteiger partial charge on any atom is 0.141 e. The van der Waals surface area contributed by atoms with Gasteiger partial charge in [-0.25, -0.2) is 4.39 Å². The highest BCUT2D eigenvalue weighted by Crippen LogP contribution is 2.21. The lowest BCUT2D eigenvalue weighted by molar-refractivity contribution is 0.125. The maximum absolute atomic E-state index is 12.9. The van der Waals surface area contributed by atoms with Crippen molar-refractivity contribution in [2.45, 2.75) is 12.1 Å². The lowest BCUT2D eigenvalue weighted by atomic mass is 10.2. The van der Waals surface area contributed by atoms with E-state index in [0.717, 1.165) is 0 Å². The van der Waals surface area contributed by atoms with Crippen LogP contribution in [-0.4, -0.2) is 30.5 Å². The van der Waals surface area contributed by atoms with E-state index in [9.17, 15) is 9.50 Å². The first-order valence-corrected chi connectivity index (χ1v) is 5.02. The van der Waals surface area contributed by atoms with Gasteiger partial charge in [0, 0.05) is 5.69 Å². The van der Waals surface area contributed by atoms with Gasteiger partial charge in [0.05, 0.1) is 30.4 Å². The van der Waals surface area contributed by atoms with E-state index in [1.54, 1.807) is 6.07 Å². The number of halogens is 2. The standard InChI is InChI=1S/C10H11ClFNO2/c11-7-3-6(1-2-8(7)12)13-9-4-15-5-10(9)14/h1-3,9-10,13-14H,4-5H2. The monoisotopic (exact) mass is 231 g/mol. The Labute approximate surface area is 91.8 Å². The van der Waals surface area contributed by atoms with Crippen LogP contribution >= 0.6 is 11.6 Å². The summed E-state index contributed by atoms with van der Waals surface area (Å²) >= 11 is 5.63. The van der Waals surface area contributed by atoms with Crippen molar-refractivity contribution in [2.24, 2.45) is 0 Å². The molecule has 1 aromatic rings. The Kier molecular flexibility index (Phi) is 3.09. The van der Waals surface area contributed by atoms with Crippen molar-refractivity contribution in [3.63, 3.8) is 0 Å². The summed E-state index contributed by atoms with van der Waals surface area (Å²) in [5.41, 5.74) is 0.677. The largest absolute Gasteiger partial charge is 0.388 e. The van der Waals surface area contributed by atoms with Crippen molar-refractivity contribution in [1.29, 1.82) is 0 Å². The molecular formula is C10H11ClFNO2. The summed E-state index contributed by atoms with van der Waals surface area (Å²) in [7, 11) is 0. The molecule has 0 aliphatic carbocycles. The number of anilines is 1. The number of ether oxygens (including phenoxy) is 1. The second kappa shape index (κ2) is 4.35. The summed E-state index contributed by atoms with van der Waals surface area (Å²) in [5, 5.41) is 12.6. The van der Waals surface area contributed by atoms with E-state index >= 15 is 0 Å². The van der Waals surface area contributed by atoms with Crippen LogP contribution in [0.5, 0.6) is 0 Å². The molecule has 5 heteroatoms. The van der Waals surface area contributed by atoms with Gasteiger partial charge in [0.1, 0.15) is 5.82 Å². The Hall–Kier alpha value is -0.840. The van der Waals surface area contributed by atoms with E-state index in [1.165, 1.54) is 12.1 Å². The summed E-state index contributed by atoms with van der Waals surface area (Å²) in [6, 6.07) is 4.19. The minimum atomic E-state index is -0.533. The summed E-state index contributed by atoms with van der Waals surface area (Å²) in [6.45, 7) is 0.767. The number of benzene rings is 1. The molecule has 82 valence electrons. The number of hydrogen-bond donors (Lipinski definition) is 2. The van der Waals surface area contributed by atoms with Crippen LogP contribution in [0, 0.1) is 5.82 Å². The van der Waals surface area contributed by atoms with Crippen LogP contribution < -0.4 is 5.32 Å². The van der Waals surface area contributed by atoms with Crippen molar-refractivity contribution in [2.75, 3.05) is 18.5 Å². The zero-order valence-corrected chi connectivity index (χ0v) is 8.67. The number of rotatable bonds is 2. The Balaban J connectivity index is 2.07. The van der Waals surface area contributed by atoms with Gasteiger partial charge >= 0.3 is 0 Å². The Morgan fingerprint density at radius 3 is 2.87 bits per heavy atom. The normalized spacial score (nSPS) is 25.5. The molecule has 2 rings (SSSR count). The van der Waals surface area contributed by atoms with E-state index < -0.39 is 11.9 Å². The zero-order chi connectivity index (χ0) is 10.8. The summed E-state index contributed by atoms with van der Waals surface area (Å²) in [4.78, 5) is 0.